The third kappa shape index (κ3) is 5.87. The predicted octanol–water partition coefficient (Wildman–Crippen LogP) is 5.84. The fourth-order valence-electron chi connectivity index (χ4n) is 4.35. The first kappa shape index (κ1) is 26.0. The number of carbonyl (C=O) groups is 2. The molecule has 1 aliphatic rings. The number of fused-ring (bicyclic) bond motifs is 1. The SMILES string of the molecule is O=C(O)CC1(CC(F)(F)F)CCc2cc(-c3cnc(Nc4ccc(C(F)(F)F)nc4)cn3)ccc2C1=O. The monoisotopic (exact) mass is 524 g/mol. The summed E-state index contributed by atoms with van der Waals surface area (Å²) in [6.07, 6.45) is -8.16. The number of carboxylic acid groups (broad SMARTS) is 1. The maximum atomic E-state index is 13.2. The van der Waals surface area contributed by atoms with Crippen molar-refractivity contribution in [3.63, 3.8) is 0 Å². The number of rotatable bonds is 6. The molecule has 2 heterocycles. The normalized spacial score (nSPS) is 17.8. The number of aromatic nitrogens is 3. The van der Waals surface area contributed by atoms with E-state index in [1.807, 2.05) is 0 Å². The molecule has 1 atom stereocenters. The van der Waals surface area contributed by atoms with Crippen molar-refractivity contribution in [2.45, 2.75) is 38.0 Å². The molecule has 1 aromatic carbocycles. The van der Waals surface area contributed by atoms with Gasteiger partial charge in [0.2, 0.25) is 0 Å². The number of nitrogens with one attached hydrogen (secondary N) is 1. The van der Waals surface area contributed by atoms with Crippen molar-refractivity contribution in [2.24, 2.45) is 5.41 Å². The van der Waals surface area contributed by atoms with Crippen LogP contribution in [-0.2, 0) is 17.4 Å². The summed E-state index contributed by atoms with van der Waals surface area (Å²) in [4.78, 5) is 36.0. The van der Waals surface area contributed by atoms with Crippen LogP contribution in [0.3, 0.4) is 0 Å². The molecule has 3 aromatic rings. The number of nitrogens with zero attached hydrogens (tertiary/aromatic N) is 3. The van der Waals surface area contributed by atoms with Gasteiger partial charge < -0.3 is 10.4 Å². The molecule has 1 unspecified atom stereocenters. The minimum Gasteiger partial charge on any atom is -0.481 e. The van der Waals surface area contributed by atoms with E-state index in [4.69, 9.17) is 5.11 Å². The fourth-order valence-corrected chi connectivity index (χ4v) is 4.35. The zero-order valence-electron chi connectivity index (χ0n) is 18.8. The topological polar surface area (TPSA) is 105 Å². The molecule has 0 saturated heterocycles. The summed E-state index contributed by atoms with van der Waals surface area (Å²) < 4.78 is 77.5. The number of hydrogen-bond acceptors (Lipinski definition) is 6. The van der Waals surface area contributed by atoms with Crippen LogP contribution in [0.5, 0.6) is 0 Å². The number of carbonyl (C=O) groups excluding carboxylic acids is 1. The number of ketones is 1. The van der Waals surface area contributed by atoms with Crippen molar-refractivity contribution >= 4 is 23.3 Å². The molecule has 37 heavy (non-hydrogen) atoms. The Labute approximate surface area is 205 Å². The van der Waals surface area contributed by atoms with Gasteiger partial charge in [-0.1, -0.05) is 12.1 Å². The maximum absolute atomic E-state index is 13.2. The Hall–Kier alpha value is -4.03. The molecule has 13 heteroatoms. The molecule has 0 fully saturated rings. The second-order valence-electron chi connectivity index (χ2n) is 8.69. The molecule has 7 nitrogen and oxygen atoms in total. The highest BCUT2D eigenvalue weighted by Crippen LogP contribution is 2.46. The fraction of sp³-hybridized carbons (Fsp3) is 0.292. The number of aliphatic carboxylic acids is 1. The van der Waals surface area contributed by atoms with Crippen LogP contribution < -0.4 is 5.32 Å². The zero-order chi connectivity index (χ0) is 27.0. The molecular weight excluding hydrogens is 506 g/mol. The van der Waals surface area contributed by atoms with Gasteiger partial charge in [0, 0.05) is 11.1 Å². The lowest BCUT2D eigenvalue weighted by Crippen LogP contribution is -2.41. The van der Waals surface area contributed by atoms with Crippen molar-refractivity contribution in [1.82, 2.24) is 15.0 Å². The molecule has 0 saturated carbocycles. The van der Waals surface area contributed by atoms with Gasteiger partial charge in [0.25, 0.3) is 0 Å². The van der Waals surface area contributed by atoms with E-state index < -0.39 is 48.1 Å². The summed E-state index contributed by atoms with van der Waals surface area (Å²) in [6.45, 7) is 0. The van der Waals surface area contributed by atoms with Gasteiger partial charge in [-0.3, -0.25) is 14.6 Å². The van der Waals surface area contributed by atoms with Crippen molar-refractivity contribution in [3.05, 3.63) is 65.7 Å². The third-order valence-corrected chi connectivity index (χ3v) is 6.01. The van der Waals surface area contributed by atoms with Crippen LogP contribution in [0.1, 0.15) is 40.9 Å². The number of carboxylic acids is 1. The quantitative estimate of drug-likeness (QED) is 0.390. The number of alkyl halides is 6. The number of Topliss-reactive ketones (excluding diaryl/α,β-unsaturated/α-hetero) is 1. The zero-order valence-corrected chi connectivity index (χ0v) is 18.8. The molecule has 2 aromatic heterocycles. The largest absolute Gasteiger partial charge is 0.481 e. The van der Waals surface area contributed by atoms with E-state index in [1.54, 1.807) is 6.07 Å². The average molecular weight is 524 g/mol. The van der Waals surface area contributed by atoms with Crippen LogP contribution >= 0.6 is 0 Å². The van der Waals surface area contributed by atoms with Gasteiger partial charge in [-0.2, -0.15) is 26.3 Å². The number of benzene rings is 1. The summed E-state index contributed by atoms with van der Waals surface area (Å²) in [7, 11) is 0. The van der Waals surface area contributed by atoms with Gasteiger partial charge >= 0.3 is 18.3 Å². The van der Waals surface area contributed by atoms with Crippen molar-refractivity contribution in [2.75, 3.05) is 5.32 Å². The summed E-state index contributed by atoms with van der Waals surface area (Å²) in [5, 5.41) is 11.9. The van der Waals surface area contributed by atoms with E-state index in [9.17, 15) is 35.9 Å². The smallest absolute Gasteiger partial charge is 0.433 e. The molecule has 2 N–H and O–H groups in total. The van der Waals surface area contributed by atoms with Crippen LogP contribution in [-0.4, -0.2) is 38.0 Å². The second kappa shape index (κ2) is 9.45. The molecule has 1 aliphatic carbocycles. The van der Waals surface area contributed by atoms with E-state index in [0.717, 1.165) is 12.3 Å². The number of anilines is 2. The first-order valence-electron chi connectivity index (χ1n) is 10.8. The lowest BCUT2D eigenvalue weighted by molar-refractivity contribution is -0.160. The highest BCUT2D eigenvalue weighted by molar-refractivity contribution is 6.04. The van der Waals surface area contributed by atoms with Gasteiger partial charge in [-0.25, -0.2) is 9.97 Å². The molecule has 4 rings (SSSR count). The highest BCUT2D eigenvalue weighted by atomic mass is 19.4. The molecule has 0 bridgehead atoms. The van der Waals surface area contributed by atoms with Gasteiger partial charge in [0.05, 0.1) is 48.2 Å². The summed E-state index contributed by atoms with van der Waals surface area (Å²) >= 11 is 0. The molecule has 0 amide bonds. The van der Waals surface area contributed by atoms with Crippen molar-refractivity contribution < 1.29 is 41.0 Å². The van der Waals surface area contributed by atoms with E-state index >= 15 is 0 Å². The number of aryl methyl sites for hydroxylation is 1. The highest BCUT2D eigenvalue weighted by Gasteiger charge is 2.51. The molecule has 0 radical (unpaired) electrons. The Morgan fingerprint density at radius 3 is 2.32 bits per heavy atom. The van der Waals surface area contributed by atoms with Gasteiger partial charge in [0.15, 0.2) is 5.78 Å². The summed E-state index contributed by atoms with van der Waals surface area (Å²) in [5.74, 6) is -2.10. The third-order valence-electron chi connectivity index (χ3n) is 6.01. The molecule has 0 aliphatic heterocycles. The Bertz CT molecular complexity index is 1320. The standard InChI is InChI=1S/C24H18F6N4O3/c25-23(26,27)12-22(8-20(35)36)6-5-13-7-14(1-3-16(13)21(22)37)17-10-33-19(11-31-17)34-15-2-4-18(32-9-15)24(28,29)30/h1-4,7,9-11H,5-6,8,12H2,(H,33,34)(H,35,36). The van der Waals surface area contributed by atoms with Crippen LogP contribution in [0.15, 0.2) is 48.9 Å². The number of halogens is 6. The summed E-state index contributed by atoms with van der Waals surface area (Å²) in [6, 6.07) is 6.45. The maximum Gasteiger partial charge on any atom is 0.433 e. The van der Waals surface area contributed by atoms with Gasteiger partial charge in [-0.05, 0) is 36.6 Å². The van der Waals surface area contributed by atoms with Crippen LogP contribution in [0.2, 0.25) is 0 Å². The van der Waals surface area contributed by atoms with E-state index in [2.05, 4.69) is 20.3 Å². The average Bonchev–Trinajstić information content (AvgIpc) is 2.80. The Morgan fingerprint density at radius 2 is 1.76 bits per heavy atom. The molecule has 194 valence electrons. The summed E-state index contributed by atoms with van der Waals surface area (Å²) in [5.41, 5.74) is -1.41. The first-order chi connectivity index (χ1) is 17.3. The molecular formula is C24H18F6N4O3. The van der Waals surface area contributed by atoms with Gasteiger partial charge in [-0.15, -0.1) is 0 Å². The van der Waals surface area contributed by atoms with Crippen molar-refractivity contribution in [3.8, 4) is 11.3 Å². The number of pyridine rings is 1. The lowest BCUT2D eigenvalue weighted by atomic mass is 9.66. The van der Waals surface area contributed by atoms with Crippen LogP contribution in [0.4, 0.5) is 37.8 Å². The minimum atomic E-state index is -4.70. The Balaban J connectivity index is 1.53. The van der Waals surface area contributed by atoms with Crippen LogP contribution in [0, 0.1) is 5.41 Å². The van der Waals surface area contributed by atoms with E-state index in [1.165, 1.54) is 30.6 Å². The van der Waals surface area contributed by atoms with E-state index in [0.29, 0.717) is 16.8 Å². The minimum absolute atomic E-state index is 0.0431. The van der Waals surface area contributed by atoms with Gasteiger partial charge in [0.1, 0.15) is 11.5 Å². The number of hydrogen-bond donors (Lipinski definition) is 2. The van der Waals surface area contributed by atoms with E-state index in [-0.39, 0.29) is 29.9 Å². The molecule has 0 spiro atoms. The van der Waals surface area contributed by atoms with Crippen LogP contribution in [0.25, 0.3) is 11.3 Å². The predicted molar refractivity (Wildman–Crippen MR) is 118 cm³/mol. The second-order valence-corrected chi connectivity index (χ2v) is 8.69. The lowest BCUT2D eigenvalue weighted by Gasteiger charge is -2.36. The van der Waals surface area contributed by atoms with Crippen molar-refractivity contribution in [1.29, 1.82) is 0 Å². The Morgan fingerprint density at radius 1 is 1.00 bits per heavy atom. The Kier molecular flexibility index (Phi) is 6.65. The first-order valence-corrected chi connectivity index (χ1v) is 10.8.